The van der Waals surface area contributed by atoms with Crippen LogP contribution in [-0.2, 0) is 16.6 Å². The first kappa shape index (κ1) is 26.4. The van der Waals surface area contributed by atoms with Crippen LogP contribution in [0.2, 0.25) is 0 Å². The molecule has 4 rings (SSSR count). The lowest BCUT2D eigenvalue weighted by Gasteiger charge is -2.23. The number of carbonyl (C=O) groups excluding carboxylic acids is 2. The van der Waals surface area contributed by atoms with E-state index < -0.39 is 10.0 Å². The minimum absolute atomic E-state index is 0.0647. The molecule has 0 bridgehead atoms. The van der Waals surface area contributed by atoms with Gasteiger partial charge in [-0.2, -0.15) is 0 Å². The second-order valence-corrected chi connectivity index (χ2v) is 11.4. The fourth-order valence-electron chi connectivity index (χ4n) is 4.53. The van der Waals surface area contributed by atoms with E-state index in [-0.39, 0.29) is 18.4 Å². The van der Waals surface area contributed by atoms with Crippen LogP contribution in [0, 0.1) is 6.92 Å². The molecule has 0 spiro atoms. The van der Waals surface area contributed by atoms with Gasteiger partial charge in [0.25, 0.3) is 11.8 Å². The molecule has 8 heteroatoms. The van der Waals surface area contributed by atoms with E-state index in [1.807, 2.05) is 30.0 Å². The van der Waals surface area contributed by atoms with Crippen LogP contribution >= 0.6 is 0 Å². The van der Waals surface area contributed by atoms with Gasteiger partial charge in [-0.3, -0.25) is 13.9 Å². The van der Waals surface area contributed by atoms with Crippen LogP contribution < -0.4 is 9.62 Å². The van der Waals surface area contributed by atoms with Gasteiger partial charge in [-0.15, -0.1) is 0 Å². The predicted molar refractivity (Wildman–Crippen MR) is 147 cm³/mol. The topological polar surface area (TPSA) is 86.8 Å². The number of nitrogens with one attached hydrogen (secondary N) is 1. The van der Waals surface area contributed by atoms with Gasteiger partial charge in [-0.25, -0.2) is 8.42 Å². The van der Waals surface area contributed by atoms with Crippen molar-refractivity contribution >= 4 is 33.2 Å². The van der Waals surface area contributed by atoms with Crippen molar-refractivity contribution in [2.45, 2.75) is 39.2 Å². The quantitative estimate of drug-likeness (QED) is 0.463. The summed E-state index contributed by atoms with van der Waals surface area (Å²) in [6.45, 7) is 3.53. The zero-order chi connectivity index (χ0) is 26.4. The van der Waals surface area contributed by atoms with E-state index >= 15 is 0 Å². The minimum Gasteiger partial charge on any atom is -0.339 e. The number of hydrogen-bond acceptors (Lipinski definition) is 4. The lowest BCUT2D eigenvalue weighted by atomic mass is 10.1. The van der Waals surface area contributed by atoms with Crippen molar-refractivity contribution in [1.29, 1.82) is 0 Å². The molecule has 1 saturated heterocycles. The number of anilines is 2. The normalized spacial score (nSPS) is 14.1. The molecule has 37 heavy (non-hydrogen) atoms. The van der Waals surface area contributed by atoms with Crippen molar-refractivity contribution in [3.05, 3.63) is 95.1 Å². The van der Waals surface area contributed by atoms with Crippen molar-refractivity contribution in [3.8, 4) is 0 Å². The van der Waals surface area contributed by atoms with E-state index in [1.54, 1.807) is 54.6 Å². The third-order valence-electron chi connectivity index (χ3n) is 6.53. The van der Waals surface area contributed by atoms with Gasteiger partial charge in [0.15, 0.2) is 0 Å². The molecule has 1 N–H and O–H groups in total. The summed E-state index contributed by atoms with van der Waals surface area (Å²) in [5, 5.41) is 2.89. The van der Waals surface area contributed by atoms with Crippen molar-refractivity contribution in [2.75, 3.05) is 29.0 Å². The van der Waals surface area contributed by atoms with Gasteiger partial charge in [0, 0.05) is 18.7 Å². The number of carbonyl (C=O) groups is 2. The molecule has 1 aliphatic heterocycles. The van der Waals surface area contributed by atoms with E-state index in [4.69, 9.17) is 0 Å². The standard InChI is InChI=1S/C29H33N3O4S/c1-22-10-9-11-25(20-22)32(37(2,35)36)21-23-14-16-24(17-15-23)28(33)30-27-13-6-5-12-26(27)29(34)31-18-7-3-4-8-19-31/h5-6,9-17,20H,3-4,7-8,18-19,21H2,1-2H3,(H,30,33). The van der Waals surface area contributed by atoms with Crippen LogP contribution in [0.25, 0.3) is 0 Å². The third kappa shape index (κ3) is 6.77. The van der Waals surface area contributed by atoms with Gasteiger partial charge < -0.3 is 10.2 Å². The fraction of sp³-hybridized carbons (Fsp3) is 0.310. The number of likely N-dealkylation sites (tertiary alicyclic amines) is 1. The van der Waals surface area contributed by atoms with Gasteiger partial charge in [0.05, 0.1) is 29.7 Å². The molecular weight excluding hydrogens is 486 g/mol. The van der Waals surface area contributed by atoms with Crippen LogP contribution in [0.15, 0.2) is 72.8 Å². The summed E-state index contributed by atoms with van der Waals surface area (Å²) in [5.41, 5.74) is 3.69. The Bertz CT molecular complexity index is 1360. The highest BCUT2D eigenvalue weighted by atomic mass is 32.2. The Morgan fingerprint density at radius 2 is 1.57 bits per heavy atom. The third-order valence-corrected chi connectivity index (χ3v) is 7.67. The van der Waals surface area contributed by atoms with Gasteiger partial charge >= 0.3 is 0 Å². The molecule has 3 aromatic rings. The van der Waals surface area contributed by atoms with Gasteiger partial charge in [0.1, 0.15) is 0 Å². The Labute approximate surface area is 219 Å². The van der Waals surface area contributed by atoms with Crippen molar-refractivity contribution in [3.63, 3.8) is 0 Å². The Morgan fingerprint density at radius 3 is 2.22 bits per heavy atom. The number of amides is 2. The average Bonchev–Trinajstić information content (AvgIpc) is 3.16. The summed E-state index contributed by atoms with van der Waals surface area (Å²) in [7, 11) is -3.51. The first-order valence-electron chi connectivity index (χ1n) is 12.6. The largest absolute Gasteiger partial charge is 0.339 e. The number of rotatable bonds is 7. The molecule has 194 valence electrons. The number of para-hydroxylation sites is 1. The molecule has 1 aliphatic rings. The highest BCUT2D eigenvalue weighted by Gasteiger charge is 2.21. The van der Waals surface area contributed by atoms with Crippen molar-refractivity contribution < 1.29 is 18.0 Å². The summed E-state index contributed by atoms with van der Waals surface area (Å²) >= 11 is 0. The summed E-state index contributed by atoms with van der Waals surface area (Å²) < 4.78 is 26.3. The minimum atomic E-state index is -3.51. The SMILES string of the molecule is Cc1cccc(N(Cc2ccc(C(=O)Nc3ccccc3C(=O)N3CCCCCC3)cc2)S(C)(=O)=O)c1. The Hall–Kier alpha value is -3.65. The number of sulfonamides is 1. The first-order chi connectivity index (χ1) is 17.7. The van der Waals surface area contributed by atoms with E-state index in [1.165, 1.54) is 10.6 Å². The number of hydrogen-bond donors (Lipinski definition) is 1. The molecule has 0 unspecified atom stereocenters. The monoisotopic (exact) mass is 519 g/mol. The molecule has 0 saturated carbocycles. The zero-order valence-corrected chi connectivity index (χ0v) is 22.1. The molecular formula is C29H33N3O4S. The van der Waals surface area contributed by atoms with Crippen LogP contribution in [-0.4, -0.2) is 44.5 Å². The summed E-state index contributed by atoms with van der Waals surface area (Å²) in [4.78, 5) is 28.1. The van der Waals surface area contributed by atoms with Gasteiger partial charge in [-0.1, -0.05) is 49.2 Å². The Morgan fingerprint density at radius 1 is 0.892 bits per heavy atom. The first-order valence-corrected chi connectivity index (χ1v) is 14.4. The molecule has 2 amide bonds. The zero-order valence-electron chi connectivity index (χ0n) is 21.3. The fourth-order valence-corrected chi connectivity index (χ4v) is 5.41. The highest BCUT2D eigenvalue weighted by Crippen LogP contribution is 2.23. The maximum atomic E-state index is 13.2. The maximum absolute atomic E-state index is 13.2. The Balaban J connectivity index is 1.48. The number of benzene rings is 3. The molecule has 0 radical (unpaired) electrons. The van der Waals surface area contributed by atoms with Crippen molar-refractivity contribution in [2.24, 2.45) is 0 Å². The van der Waals surface area contributed by atoms with Crippen LogP contribution in [0.3, 0.4) is 0 Å². The molecule has 1 heterocycles. The molecule has 0 aliphatic carbocycles. The summed E-state index contributed by atoms with van der Waals surface area (Å²) in [6, 6.07) is 21.2. The smallest absolute Gasteiger partial charge is 0.255 e. The molecule has 3 aromatic carbocycles. The predicted octanol–water partition coefficient (Wildman–Crippen LogP) is 5.23. The second-order valence-electron chi connectivity index (χ2n) is 9.51. The van der Waals surface area contributed by atoms with Gasteiger partial charge in [0.2, 0.25) is 10.0 Å². The van der Waals surface area contributed by atoms with E-state index in [9.17, 15) is 18.0 Å². The summed E-state index contributed by atoms with van der Waals surface area (Å²) in [6.07, 6.45) is 5.43. The van der Waals surface area contributed by atoms with E-state index in [0.717, 1.165) is 49.9 Å². The number of nitrogens with zero attached hydrogens (tertiary/aromatic N) is 2. The van der Waals surface area contributed by atoms with Crippen LogP contribution in [0.4, 0.5) is 11.4 Å². The lowest BCUT2D eigenvalue weighted by Crippen LogP contribution is -2.32. The van der Waals surface area contributed by atoms with Crippen LogP contribution in [0.5, 0.6) is 0 Å². The molecule has 0 aromatic heterocycles. The van der Waals surface area contributed by atoms with Crippen molar-refractivity contribution in [1.82, 2.24) is 4.90 Å². The Kier molecular flexibility index (Phi) is 8.28. The summed E-state index contributed by atoms with van der Waals surface area (Å²) in [5.74, 6) is -0.397. The highest BCUT2D eigenvalue weighted by molar-refractivity contribution is 7.92. The average molecular weight is 520 g/mol. The lowest BCUT2D eigenvalue weighted by molar-refractivity contribution is 0.0762. The van der Waals surface area contributed by atoms with E-state index in [0.29, 0.717) is 22.5 Å². The van der Waals surface area contributed by atoms with E-state index in [2.05, 4.69) is 5.32 Å². The van der Waals surface area contributed by atoms with Gasteiger partial charge in [-0.05, 0) is 67.3 Å². The number of aryl methyl sites for hydroxylation is 1. The molecule has 7 nitrogen and oxygen atoms in total. The molecule has 1 fully saturated rings. The molecule has 0 atom stereocenters. The maximum Gasteiger partial charge on any atom is 0.255 e. The van der Waals surface area contributed by atoms with Crippen LogP contribution in [0.1, 0.15) is 57.5 Å². The second kappa shape index (κ2) is 11.6.